The molecule has 9 nitrogen and oxygen atoms in total. The molecular weight excluding hydrogens is 478 g/mol. The molecule has 1 heterocycles. The Labute approximate surface area is 211 Å². The number of anilines is 2. The summed E-state index contributed by atoms with van der Waals surface area (Å²) in [5, 5.41) is 7.67. The van der Waals surface area contributed by atoms with Crippen LogP contribution in [0.1, 0.15) is 18.1 Å². The van der Waals surface area contributed by atoms with Crippen molar-refractivity contribution in [3.05, 3.63) is 71.8 Å². The van der Waals surface area contributed by atoms with Crippen molar-refractivity contribution in [3.63, 3.8) is 0 Å². The number of hydrogen-bond donors (Lipinski definition) is 3. The lowest BCUT2D eigenvalue weighted by Gasteiger charge is -2.27. The molecule has 10 heteroatoms. The number of hydrogen-bond acceptors (Lipinski definition) is 5. The molecule has 2 unspecified atom stereocenters. The third kappa shape index (κ3) is 4.79. The smallest absolute Gasteiger partial charge is 0.301 e. The molecule has 1 aliphatic rings. The molecule has 3 N–H and O–H groups in total. The Morgan fingerprint density at radius 3 is 2.39 bits per heavy atom. The summed E-state index contributed by atoms with van der Waals surface area (Å²) in [6.45, 7) is 3.63. The minimum absolute atomic E-state index is 0.213. The Balaban J connectivity index is 1.87. The summed E-state index contributed by atoms with van der Waals surface area (Å²) >= 11 is 0. The zero-order valence-electron chi connectivity index (χ0n) is 20.8. The highest BCUT2D eigenvalue weighted by Crippen LogP contribution is 2.36. The number of para-hydroxylation sites is 2. The maximum atomic E-state index is 14.0. The van der Waals surface area contributed by atoms with E-state index >= 15 is 0 Å². The largest absolute Gasteiger partial charge is 0.341 e. The van der Waals surface area contributed by atoms with Crippen LogP contribution in [0, 0.1) is 6.92 Å². The Morgan fingerprint density at radius 2 is 1.69 bits per heavy atom. The van der Waals surface area contributed by atoms with Gasteiger partial charge in [0, 0.05) is 7.05 Å². The predicted octanol–water partition coefficient (Wildman–Crippen LogP) is 2.06. The van der Waals surface area contributed by atoms with Gasteiger partial charge in [0.1, 0.15) is 6.04 Å². The van der Waals surface area contributed by atoms with Crippen LogP contribution in [0.25, 0.3) is 10.8 Å². The van der Waals surface area contributed by atoms with Gasteiger partial charge in [-0.05, 0) is 54.9 Å². The van der Waals surface area contributed by atoms with Crippen molar-refractivity contribution >= 4 is 44.2 Å². The molecule has 0 radical (unpaired) electrons. The zero-order valence-corrected chi connectivity index (χ0v) is 21.6. The summed E-state index contributed by atoms with van der Waals surface area (Å²) in [6.07, 6.45) is 0. The first kappa shape index (κ1) is 25.6. The second-order valence-corrected chi connectivity index (χ2v) is 10.6. The summed E-state index contributed by atoms with van der Waals surface area (Å²) in [6, 6.07) is 17.2. The van der Waals surface area contributed by atoms with Crippen LogP contribution in [-0.2, 0) is 26.3 Å². The molecule has 0 aromatic heterocycles. The van der Waals surface area contributed by atoms with Gasteiger partial charge in [-0.25, -0.2) is 4.72 Å². The predicted molar refractivity (Wildman–Crippen MR) is 142 cm³/mol. The van der Waals surface area contributed by atoms with Gasteiger partial charge < -0.3 is 15.5 Å². The Hall–Kier alpha value is -3.47. The van der Waals surface area contributed by atoms with E-state index in [2.05, 4.69) is 15.4 Å². The lowest BCUT2D eigenvalue weighted by Crippen LogP contribution is -2.56. The van der Waals surface area contributed by atoms with Gasteiger partial charge in [0.05, 0.1) is 30.5 Å². The van der Waals surface area contributed by atoms with Gasteiger partial charge in [0.15, 0.2) is 0 Å². The molecule has 2 amide bonds. The Morgan fingerprint density at radius 1 is 1.03 bits per heavy atom. The van der Waals surface area contributed by atoms with Crippen molar-refractivity contribution < 1.29 is 18.0 Å². The number of rotatable bonds is 7. The number of aryl methyl sites for hydroxylation is 1. The van der Waals surface area contributed by atoms with Gasteiger partial charge in [-0.1, -0.05) is 48.5 Å². The summed E-state index contributed by atoms with van der Waals surface area (Å²) in [7, 11) is -1.02. The number of benzene rings is 3. The molecule has 1 aliphatic heterocycles. The highest BCUT2D eigenvalue weighted by Gasteiger charge is 2.39. The standard InChI is InChI=1S/C26H31N5O4S/c1-17-13-14-19-9-5-6-10-20(19)21(17)15-30-23-11-7-8-12-24(23)31(36(34,35)28-4)16-22(26(30)33)29-25(32)18(2)27-3/h5-14,18,22,27-28H,15-16H2,1-4H3,(H,29,32). The fraction of sp³-hybridized carbons (Fsp3) is 0.308. The normalized spacial score (nSPS) is 17.0. The first-order valence-corrected chi connectivity index (χ1v) is 13.2. The molecule has 4 rings (SSSR count). The van der Waals surface area contributed by atoms with E-state index in [1.165, 1.54) is 7.05 Å². The first-order valence-electron chi connectivity index (χ1n) is 11.7. The van der Waals surface area contributed by atoms with E-state index in [4.69, 9.17) is 0 Å². The highest BCUT2D eigenvalue weighted by molar-refractivity contribution is 7.90. The van der Waals surface area contributed by atoms with Crippen molar-refractivity contribution in [1.82, 2.24) is 15.4 Å². The molecule has 36 heavy (non-hydrogen) atoms. The monoisotopic (exact) mass is 509 g/mol. The maximum Gasteiger partial charge on any atom is 0.301 e. The van der Waals surface area contributed by atoms with E-state index in [0.717, 1.165) is 26.2 Å². The molecule has 3 aromatic rings. The summed E-state index contributed by atoms with van der Waals surface area (Å²) in [4.78, 5) is 28.4. The Bertz CT molecular complexity index is 1410. The summed E-state index contributed by atoms with van der Waals surface area (Å²) in [5.41, 5.74) is 2.77. The van der Waals surface area contributed by atoms with Gasteiger partial charge in [0.2, 0.25) is 5.91 Å². The van der Waals surface area contributed by atoms with E-state index in [9.17, 15) is 18.0 Å². The van der Waals surface area contributed by atoms with Gasteiger partial charge >= 0.3 is 10.2 Å². The number of nitrogens with one attached hydrogen (secondary N) is 3. The number of likely N-dealkylation sites (N-methyl/N-ethyl adjacent to an activating group) is 1. The second-order valence-electron chi connectivity index (χ2n) is 8.81. The molecule has 0 bridgehead atoms. The van der Waals surface area contributed by atoms with E-state index in [-0.39, 0.29) is 19.0 Å². The summed E-state index contributed by atoms with van der Waals surface area (Å²) in [5.74, 6) is -0.787. The molecule has 0 saturated carbocycles. The number of nitrogens with zero attached hydrogens (tertiary/aromatic N) is 2. The first-order chi connectivity index (χ1) is 17.2. The fourth-order valence-electron chi connectivity index (χ4n) is 4.40. The molecule has 0 saturated heterocycles. The van der Waals surface area contributed by atoms with Crippen molar-refractivity contribution in [1.29, 1.82) is 0 Å². The average Bonchev–Trinajstić information content (AvgIpc) is 3.00. The quantitative estimate of drug-likeness (QED) is 0.452. The van der Waals surface area contributed by atoms with Crippen molar-refractivity contribution in [2.24, 2.45) is 0 Å². The second kappa shape index (κ2) is 10.3. The molecule has 190 valence electrons. The van der Waals surface area contributed by atoms with Crippen LogP contribution in [0.4, 0.5) is 11.4 Å². The van der Waals surface area contributed by atoms with Crippen LogP contribution >= 0.6 is 0 Å². The average molecular weight is 510 g/mol. The van der Waals surface area contributed by atoms with E-state index in [1.54, 1.807) is 43.1 Å². The molecule has 0 fully saturated rings. The van der Waals surface area contributed by atoms with Crippen LogP contribution in [0.3, 0.4) is 0 Å². The topological polar surface area (TPSA) is 111 Å². The van der Waals surface area contributed by atoms with E-state index in [1.807, 2.05) is 43.3 Å². The zero-order chi connectivity index (χ0) is 26.0. The fourth-order valence-corrected chi connectivity index (χ4v) is 5.38. The minimum atomic E-state index is -3.98. The molecular formula is C26H31N5O4S. The number of carbonyl (C=O) groups is 2. The third-order valence-corrected chi connectivity index (χ3v) is 8.08. The van der Waals surface area contributed by atoms with Crippen LogP contribution in [0.5, 0.6) is 0 Å². The van der Waals surface area contributed by atoms with Gasteiger partial charge in [0.25, 0.3) is 5.91 Å². The van der Waals surface area contributed by atoms with Gasteiger partial charge in [-0.15, -0.1) is 0 Å². The van der Waals surface area contributed by atoms with Crippen molar-refractivity contribution in [2.75, 3.05) is 29.8 Å². The highest BCUT2D eigenvalue weighted by atomic mass is 32.2. The molecule has 0 spiro atoms. The third-order valence-electron chi connectivity index (χ3n) is 6.64. The van der Waals surface area contributed by atoms with Crippen LogP contribution in [-0.4, -0.2) is 53.0 Å². The summed E-state index contributed by atoms with van der Waals surface area (Å²) < 4.78 is 29.6. The number of amides is 2. The lowest BCUT2D eigenvalue weighted by atomic mass is 9.99. The number of fused-ring (bicyclic) bond motifs is 2. The Kier molecular flexibility index (Phi) is 7.30. The minimum Gasteiger partial charge on any atom is -0.341 e. The number of carbonyl (C=O) groups excluding carboxylic acids is 2. The SMILES string of the molecule is CNC(C)C(=O)NC1CN(S(=O)(=O)NC)c2ccccc2N(Cc2c(C)ccc3ccccc23)C1=O. The van der Waals surface area contributed by atoms with Crippen LogP contribution < -0.4 is 24.6 Å². The molecule has 2 atom stereocenters. The van der Waals surface area contributed by atoms with E-state index in [0.29, 0.717) is 11.4 Å². The van der Waals surface area contributed by atoms with Crippen LogP contribution in [0.15, 0.2) is 60.7 Å². The van der Waals surface area contributed by atoms with Crippen molar-refractivity contribution in [3.8, 4) is 0 Å². The molecule has 0 aliphatic carbocycles. The maximum absolute atomic E-state index is 14.0. The van der Waals surface area contributed by atoms with Crippen molar-refractivity contribution in [2.45, 2.75) is 32.5 Å². The van der Waals surface area contributed by atoms with Gasteiger partial charge in [-0.3, -0.25) is 13.9 Å². The lowest BCUT2D eigenvalue weighted by molar-refractivity contribution is -0.128. The van der Waals surface area contributed by atoms with Gasteiger partial charge in [-0.2, -0.15) is 8.42 Å². The van der Waals surface area contributed by atoms with E-state index < -0.39 is 28.2 Å². The molecule has 3 aromatic carbocycles. The van der Waals surface area contributed by atoms with Crippen LogP contribution in [0.2, 0.25) is 0 Å².